The van der Waals surface area contributed by atoms with Gasteiger partial charge in [0.1, 0.15) is 5.75 Å². The van der Waals surface area contributed by atoms with Crippen molar-refractivity contribution < 1.29 is 9.47 Å². The van der Waals surface area contributed by atoms with E-state index in [-0.39, 0.29) is 0 Å². The summed E-state index contributed by atoms with van der Waals surface area (Å²) in [5, 5.41) is 1.02. The van der Waals surface area contributed by atoms with E-state index in [0.29, 0.717) is 0 Å². The lowest BCUT2D eigenvalue weighted by molar-refractivity contribution is 0.344. The third-order valence-corrected chi connectivity index (χ3v) is 2.94. The number of fused-ring (bicyclic) bond motifs is 1. The normalized spacial score (nSPS) is 17.1. The van der Waals surface area contributed by atoms with Gasteiger partial charge in [-0.2, -0.15) is 0 Å². The van der Waals surface area contributed by atoms with Crippen molar-refractivity contribution in [3.8, 4) is 5.75 Å². The van der Waals surface area contributed by atoms with Crippen molar-refractivity contribution >= 4 is 22.5 Å². The average Bonchev–Trinajstić information content (AvgIpc) is 2.91. The van der Waals surface area contributed by atoms with E-state index in [2.05, 4.69) is 9.98 Å². The highest BCUT2D eigenvalue weighted by Crippen LogP contribution is 2.30. The number of hydrogen-bond donors (Lipinski definition) is 0. The third-order valence-electron chi connectivity index (χ3n) is 2.94. The van der Waals surface area contributed by atoms with E-state index >= 15 is 0 Å². The summed E-state index contributed by atoms with van der Waals surface area (Å²) >= 11 is 0. The number of nitrogens with zero attached hydrogens (tertiary/aromatic N) is 2. The summed E-state index contributed by atoms with van der Waals surface area (Å²) in [7, 11) is 1.65. The largest absolute Gasteiger partial charge is 0.497 e. The van der Waals surface area contributed by atoms with Gasteiger partial charge in [0.25, 0.3) is 0 Å². The highest BCUT2D eigenvalue weighted by atomic mass is 16.5. The molecule has 0 N–H and O–H groups in total. The molecule has 4 heteroatoms. The van der Waals surface area contributed by atoms with Gasteiger partial charge in [0.05, 0.1) is 24.9 Å². The Morgan fingerprint density at radius 3 is 3.11 bits per heavy atom. The molecule has 18 heavy (non-hydrogen) atoms. The van der Waals surface area contributed by atoms with Gasteiger partial charge in [-0.1, -0.05) is 6.07 Å². The molecule has 1 aromatic carbocycles. The first kappa shape index (κ1) is 11.0. The number of ether oxygens (including phenoxy) is 2. The highest BCUT2D eigenvalue weighted by molar-refractivity contribution is 5.93. The molecule has 0 aliphatic carbocycles. The molecular weight excluding hydrogens is 228 g/mol. The predicted octanol–water partition coefficient (Wildman–Crippen LogP) is 3.08. The van der Waals surface area contributed by atoms with E-state index in [0.717, 1.165) is 47.7 Å². The minimum Gasteiger partial charge on any atom is -0.497 e. The Kier molecular flexibility index (Phi) is 2.84. The van der Waals surface area contributed by atoms with E-state index in [1.807, 2.05) is 24.3 Å². The van der Waals surface area contributed by atoms with Gasteiger partial charge in [-0.25, -0.2) is 4.99 Å². The molecule has 1 aliphatic heterocycles. The summed E-state index contributed by atoms with van der Waals surface area (Å²) in [5.74, 6) is 1.57. The van der Waals surface area contributed by atoms with Crippen LogP contribution in [0.25, 0.3) is 10.9 Å². The number of benzene rings is 1. The van der Waals surface area contributed by atoms with E-state index < -0.39 is 0 Å². The second-order valence-corrected chi connectivity index (χ2v) is 4.18. The Morgan fingerprint density at radius 2 is 2.33 bits per heavy atom. The average molecular weight is 242 g/mol. The quantitative estimate of drug-likeness (QED) is 0.812. The van der Waals surface area contributed by atoms with Crippen LogP contribution in [0.4, 0.5) is 5.69 Å². The Hall–Kier alpha value is -2.10. The van der Waals surface area contributed by atoms with Crippen LogP contribution in [0, 0.1) is 0 Å². The zero-order valence-electron chi connectivity index (χ0n) is 10.2. The van der Waals surface area contributed by atoms with Crippen LogP contribution >= 0.6 is 0 Å². The molecule has 0 spiro atoms. The Morgan fingerprint density at radius 1 is 1.39 bits per heavy atom. The first-order valence-electron chi connectivity index (χ1n) is 6.00. The molecule has 4 nitrogen and oxygen atoms in total. The van der Waals surface area contributed by atoms with Gasteiger partial charge in [0.2, 0.25) is 0 Å². The van der Waals surface area contributed by atoms with Crippen molar-refractivity contribution in [1.82, 2.24) is 4.98 Å². The van der Waals surface area contributed by atoms with Crippen molar-refractivity contribution in [2.45, 2.75) is 12.8 Å². The van der Waals surface area contributed by atoms with Crippen LogP contribution in [0.1, 0.15) is 12.8 Å². The van der Waals surface area contributed by atoms with Crippen LogP contribution < -0.4 is 4.74 Å². The summed E-state index contributed by atoms with van der Waals surface area (Å²) in [6, 6.07) is 7.76. The lowest BCUT2D eigenvalue weighted by Crippen LogP contribution is -1.93. The third kappa shape index (κ3) is 2.01. The Labute approximate surface area is 105 Å². The van der Waals surface area contributed by atoms with E-state index in [4.69, 9.17) is 9.47 Å². The van der Waals surface area contributed by atoms with E-state index in [1.165, 1.54) is 0 Å². The first-order valence-corrected chi connectivity index (χ1v) is 6.00. The van der Waals surface area contributed by atoms with Gasteiger partial charge in [-0.15, -0.1) is 0 Å². The molecule has 0 saturated carbocycles. The van der Waals surface area contributed by atoms with Gasteiger partial charge < -0.3 is 9.47 Å². The van der Waals surface area contributed by atoms with Gasteiger partial charge in [-0.3, -0.25) is 4.98 Å². The molecule has 1 aromatic heterocycles. The second kappa shape index (κ2) is 4.64. The number of hydrogen-bond acceptors (Lipinski definition) is 4. The van der Waals surface area contributed by atoms with Gasteiger partial charge >= 0.3 is 0 Å². The molecule has 2 aromatic rings. The molecule has 0 radical (unpaired) electrons. The van der Waals surface area contributed by atoms with Crippen LogP contribution in [-0.2, 0) is 4.74 Å². The number of rotatable bonds is 2. The molecular formula is C14H14N2O2. The molecule has 1 fully saturated rings. The van der Waals surface area contributed by atoms with Crippen molar-refractivity contribution in [2.75, 3.05) is 13.7 Å². The smallest absolute Gasteiger partial charge is 0.188 e. The fraction of sp³-hybridized carbons (Fsp3) is 0.286. The molecule has 1 aliphatic rings. The van der Waals surface area contributed by atoms with Crippen molar-refractivity contribution in [1.29, 1.82) is 0 Å². The summed E-state index contributed by atoms with van der Waals surface area (Å²) in [6.07, 6.45) is 3.70. The topological polar surface area (TPSA) is 43.7 Å². The molecule has 1 saturated heterocycles. The first-order chi connectivity index (χ1) is 8.86. The number of methoxy groups -OCH3 is 1. The SMILES string of the molecule is COc1cc(N=C2CCCO2)c2ncccc2c1. The maximum atomic E-state index is 5.46. The number of aliphatic imine (C=N–C) groups is 1. The highest BCUT2D eigenvalue weighted by Gasteiger charge is 2.11. The molecule has 0 bridgehead atoms. The molecule has 3 rings (SSSR count). The molecule has 2 heterocycles. The Balaban J connectivity index is 2.16. The van der Waals surface area contributed by atoms with Gasteiger partial charge in [0, 0.05) is 24.1 Å². The van der Waals surface area contributed by atoms with Crippen LogP contribution in [0.3, 0.4) is 0 Å². The standard InChI is InChI=1S/C14H14N2O2/c1-17-11-8-10-4-2-6-15-14(10)12(9-11)16-13-5-3-7-18-13/h2,4,6,8-9H,3,5,7H2,1H3. The van der Waals surface area contributed by atoms with Crippen molar-refractivity contribution in [2.24, 2.45) is 4.99 Å². The summed E-state index contributed by atoms with van der Waals surface area (Å²) < 4.78 is 10.8. The fourth-order valence-electron chi connectivity index (χ4n) is 2.06. The van der Waals surface area contributed by atoms with E-state index in [9.17, 15) is 0 Å². The zero-order chi connectivity index (χ0) is 12.4. The van der Waals surface area contributed by atoms with Crippen molar-refractivity contribution in [3.63, 3.8) is 0 Å². The number of pyridine rings is 1. The Bertz CT molecular complexity index is 600. The van der Waals surface area contributed by atoms with Crippen LogP contribution in [0.2, 0.25) is 0 Å². The molecule has 0 atom stereocenters. The maximum Gasteiger partial charge on any atom is 0.188 e. The molecule has 0 unspecified atom stereocenters. The second-order valence-electron chi connectivity index (χ2n) is 4.18. The molecule has 0 amide bonds. The van der Waals surface area contributed by atoms with E-state index in [1.54, 1.807) is 13.3 Å². The molecule has 92 valence electrons. The predicted molar refractivity (Wildman–Crippen MR) is 70.6 cm³/mol. The lowest BCUT2D eigenvalue weighted by Gasteiger charge is -2.06. The minimum atomic E-state index is 0.758. The summed E-state index contributed by atoms with van der Waals surface area (Å²) in [6.45, 7) is 0.758. The number of aromatic nitrogens is 1. The lowest BCUT2D eigenvalue weighted by atomic mass is 10.2. The maximum absolute atomic E-state index is 5.46. The van der Waals surface area contributed by atoms with Crippen LogP contribution in [-0.4, -0.2) is 24.6 Å². The van der Waals surface area contributed by atoms with Gasteiger partial charge in [-0.05, 0) is 18.6 Å². The summed E-state index contributed by atoms with van der Waals surface area (Å²) in [4.78, 5) is 8.93. The zero-order valence-corrected chi connectivity index (χ0v) is 10.2. The van der Waals surface area contributed by atoms with Crippen LogP contribution in [0.5, 0.6) is 5.75 Å². The minimum absolute atomic E-state index is 0.758. The fourth-order valence-corrected chi connectivity index (χ4v) is 2.06. The summed E-state index contributed by atoms with van der Waals surface area (Å²) in [5.41, 5.74) is 1.68. The van der Waals surface area contributed by atoms with Crippen LogP contribution in [0.15, 0.2) is 35.5 Å². The van der Waals surface area contributed by atoms with Gasteiger partial charge in [0.15, 0.2) is 5.90 Å². The monoisotopic (exact) mass is 242 g/mol. The van der Waals surface area contributed by atoms with Crippen molar-refractivity contribution in [3.05, 3.63) is 30.5 Å².